The van der Waals surface area contributed by atoms with E-state index in [2.05, 4.69) is 25.7 Å². The molecule has 7 nitrogen and oxygen atoms in total. The molecule has 3 N–H and O–H groups in total. The predicted molar refractivity (Wildman–Crippen MR) is 83.6 cm³/mol. The highest BCUT2D eigenvalue weighted by atomic mass is 16.3. The summed E-state index contributed by atoms with van der Waals surface area (Å²) in [6.45, 7) is 1.81. The molecule has 4 rings (SSSR count). The van der Waals surface area contributed by atoms with Crippen LogP contribution in [0.2, 0.25) is 0 Å². The number of aliphatic hydroxyl groups is 1. The van der Waals surface area contributed by atoms with Crippen molar-refractivity contribution in [1.82, 2.24) is 19.7 Å². The Bertz CT molecular complexity index is 662. The number of fused-ring (bicyclic) bond motifs is 1. The van der Waals surface area contributed by atoms with Crippen LogP contribution in [0.1, 0.15) is 25.7 Å². The van der Waals surface area contributed by atoms with Crippen LogP contribution in [0, 0.1) is 0 Å². The number of aromatic nitrogens is 4. The van der Waals surface area contributed by atoms with Crippen LogP contribution in [0.3, 0.4) is 0 Å². The molecule has 0 bridgehead atoms. The van der Waals surface area contributed by atoms with E-state index in [1.54, 1.807) is 6.20 Å². The average Bonchev–Trinajstić information content (AvgIpc) is 3.13. The minimum absolute atomic E-state index is 0.147. The summed E-state index contributed by atoms with van der Waals surface area (Å²) in [5.41, 5.74) is 1.89. The Morgan fingerprint density at radius 2 is 2.14 bits per heavy atom. The van der Waals surface area contributed by atoms with Gasteiger partial charge in [-0.3, -0.25) is 0 Å². The molecule has 1 fully saturated rings. The third-order valence-electron chi connectivity index (χ3n) is 4.42. The van der Waals surface area contributed by atoms with Crippen LogP contribution in [0.15, 0.2) is 18.5 Å². The standard InChI is InChI=1S/C15H20N6O/c22-11-3-1-10(2-4-11)19-15-17-6-5-13(20-15)12-9-18-21-8-7-16-14(12)21/h5-6,9-11,16,22H,1-4,7-8H2,(H,17,19,20). The maximum absolute atomic E-state index is 9.58. The molecule has 1 aliphatic heterocycles. The molecule has 0 spiro atoms. The first-order valence-corrected chi connectivity index (χ1v) is 7.87. The Morgan fingerprint density at radius 1 is 1.27 bits per heavy atom. The van der Waals surface area contributed by atoms with Gasteiger partial charge in [0.2, 0.25) is 5.95 Å². The van der Waals surface area contributed by atoms with E-state index in [9.17, 15) is 5.11 Å². The van der Waals surface area contributed by atoms with E-state index in [0.717, 1.165) is 55.8 Å². The third kappa shape index (κ3) is 2.52. The van der Waals surface area contributed by atoms with Crippen molar-refractivity contribution >= 4 is 11.8 Å². The van der Waals surface area contributed by atoms with Gasteiger partial charge in [-0.05, 0) is 31.7 Å². The highest BCUT2D eigenvalue weighted by Crippen LogP contribution is 2.29. The van der Waals surface area contributed by atoms with Gasteiger partial charge in [-0.25, -0.2) is 14.6 Å². The van der Waals surface area contributed by atoms with Crippen LogP contribution in [0.4, 0.5) is 11.8 Å². The summed E-state index contributed by atoms with van der Waals surface area (Å²) in [5, 5.41) is 20.7. The molecule has 7 heteroatoms. The highest BCUT2D eigenvalue weighted by molar-refractivity contribution is 5.73. The van der Waals surface area contributed by atoms with Gasteiger partial charge in [-0.15, -0.1) is 0 Å². The van der Waals surface area contributed by atoms with Gasteiger partial charge in [-0.2, -0.15) is 5.10 Å². The maximum Gasteiger partial charge on any atom is 0.223 e. The summed E-state index contributed by atoms with van der Waals surface area (Å²) in [6, 6.07) is 2.25. The first kappa shape index (κ1) is 13.5. The van der Waals surface area contributed by atoms with Gasteiger partial charge in [0.15, 0.2) is 0 Å². The number of anilines is 2. The Labute approximate surface area is 128 Å². The van der Waals surface area contributed by atoms with Gasteiger partial charge in [0.1, 0.15) is 5.82 Å². The zero-order chi connectivity index (χ0) is 14.9. The Balaban J connectivity index is 1.53. The van der Waals surface area contributed by atoms with E-state index in [4.69, 9.17) is 0 Å². The quantitative estimate of drug-likeness (QED) is 0.796. The number of hydrogen-bond donors (Lipinski definition) is 3. The van der Waals surface area contributed by atoms with E-state index in [0.29, 0.717) is 12.0 Å². The first-order valence-electron chi connectivity index (χ1n) is 7.87. The molecule has 0 radical (unpaired) electrons. The Kier molecular flexibility index (Phi) is 3.42. The van der Waals surface area contributed by atoms with Crippen LogP contribution in [0.25, 0.3) is 11.3 Å². The van der Waals surface area contributed by atoms with Crippen molar-refractivity contribution in [2.75, 3.05) is 17.2 Å². The molecule has 0 saturated heterocycles. The second kappa shape index (κ2) is 5.57. The van der Waals surface area contributed by atoms with Crippen molar-refractivity contribution in [3.8, 4) is 11.3 Å². The van der Waals surface area contributed by atoms with Crippen molar-refractivity contribution in [2.45, 2.75) is 44.4 Å². The van der Waals surface area contributed by atoms with E-state index in [1.807, 2.05) is 16.9 Å². The molecule has 116 valence electrons. The molecule has 3 heterocycles. The number of aliphatic hydroxyl groups excluding tert-OH is 1. The fourth-order valence-electron chi connectivity index (χ4n) is 3.19. The second-order valence-corrected chi connectivity index (χ2v) is 5.97. The Hall–Kier alpha value is -2.15. The molecule has 2 aliphatic rings. The highest BCUT2D eigenvalue weighted by Gasteiger charge is 2.21. The van der Waals surface area contributed by atoms with Gasteiger partial charge in [0.05, 0.1) is 30.1 Å². The smallest absolute Gasteiger partial charge is 0.223 e. The molecule has 0 amide bonds. The summed E-state index contributed by atoms with van der Waals surface area (Å²) in [5.74, 6) is 1.68. The number of hydrogen-bond acceptors (Lipinski definition) is 6. The molecule has 2 aromatic rings. The van der Waals surface area contributed by atoms with Gasteiger partial charge in [-0.1, -0.05) is 0 Å². The van der Waals surface area contributed by atoms with Crippen LogP contribution in [-0.4, -0.2) is 43.5 Å². The monoisotopic (exact) mass is 300 g/mol. The number of rotatable bonds is 3. The van der Waals surface area contributed by atoms with E-state index < -0.39 is 0 Å². The summed E-state index contributed by atoms with van der Waals surface area (Å²) >= 11 is 0. The molecule has 22 heavy (non-hydrogen) atoms. The normalized spacial score (nSPS) is 23.9. The molecule has 1 saturated carbocycles. The molecular formula is C15H20N6O. The number of nitrogens with zero attached hydrogens (tertiary/aromatic N) is 4. The van der Waals surface area contributed by atoms with Crippen molar-refractivity contribution in [2.24, 2.45) is 0 Å². The summed E-state index contributed by atoms with van der Waals surface area (Å²) < 4.78 is 1.97. The van der Waals surface area contributed by atoms with Crippen LogP contribution >= 0.6 is 0 Å². The lowest BCUT2D eigenvalue weighted by Crippen LogP contribution is -2.28. The van der Waals surface area contributed by atoms with Gasteiger partial charge < -0.3 is 15.7 Å². The largest absolute Gasteiger partial charge is 0.393 e. The third-order valence-corrected chi connectivity index (χ3v) is 4.42. The van der Waals surface area contributed by atoms with Crippen LogP contribution in [0.5, 0.6) is 0 Å². The molecule has 0 aromatic carbocycles. The predicted octanol–water partition coefficient (Wildman–Crippen LogP) is 1.48. The minimum atomic E-state index is -0.147. The van der Waals surface area contributed by atoms with Gasteiger partial charge in [0, 0.05) is 18.8 Å². The lowest BCUT2D eigenvalue weighted by molar-refractivity contribution is 0.126. The van der Waals surface area contributed by atoms with Crippen molar-refractivity contribution in [1.29, 1.82) is 0 Å². The zero-order valence-corrected chi connectivity index (χ0v) is 12.4. The topological polar surface area (TPSA) is 87.9 Å². The fourth-order valence-corrected chi connectivity index (χ4v) is 3.19. The molecule has 0 unspecified atom stereocenters. The lowest BCUT2D eigenvalue weighted by atomic mass is 9.93. The van der Waals surface area contributed by atoms with E-state index in [1.165, 1.54) is 0 Å². The summed E-state index contributed by atoms with van der Waals surface area (Å²) in [7, 11) is 0. The number of nitrogens with one attached hydrogen (secondary N) is 2. The van der Waals surface area contributed by atoms with Gasteiger partial charge in [0.25, 0.3) is 0 Å². The SMILES string of the molecule is OC1CCC(Nc2nccc(-c3cnn4c3NCC4)n2)CC1. The zero-order valence-electron chi connectivity index (χ0n) is 12.4. The van der Waals surface area contributed by atoms with E-state index >= 15 is 0 Å². The molecule has 2 aromatic heterocycles. The van der Waals surface area contributed by atoms with Crippen LogP contribution in [-0.2, 0) is 6.54 Å². The summed E-state index contributed by atoms with van der Waals surface area (Å²) in [4.78, 5) is 8.95. The second-order valence-electron chi connectivity index (χ2n) is 5.97. The average molecular weight is 300 g/mol. The van der Waals surface area contributed by atoms with Crippen molar-refractivity contribution in [3.63, 3.8) is 0 Å². The van der Waals surface area contributed by atoms with Crippen molar-refractivity contribution < 1.29 is 5.11 Å². The Morgan fingerprint density at radius 3 is 3.00 bits per heavy atom. The van der Waals surface area contributed by atoms with Crippen molar-refractivity contribution in [3.05, 3.63) is 18.5 Å². The minimum Gasteiger partial charge on any atom is -0.393 e. The lowest BCUT2D eigenvalue weighted by Gasteiger charge is -2.26. The van der Waals surface area contributed by atoms with Crippen LogP contribution < -0.4 is 10.6 Å². The molecule has 1 aliphatic carbocycles. The summed E-state index contributed by atoms with van der Waals surface area (Å²) in [6.07, 6.45) is 7.09. The fraction of sp³-hybridized carbons (Fsp3) is 0.533. The van der Waals surface area contributed by atoms with E-state index in [-0.39, 0.29) is 6.10 Å². The molecule has 0 atom stereocenters. The van der Waals surface area contributed by atoms with Gasteiger partial charge >= 0.3 is 0 Å². The maximum atomic E-state index is 9.58. The molecular weight excluding hydrogens is 280 g/mol. The first-order chi connectivity index (χ1) is 10.8.